The molecule has 1 amide bonds. The van der Waals surface area contributed by atoms with Crippen LogP contribution in [0.15, 0.2) is 41.6 Å². The summed E-state index contributed by atoms with van der Waals surface area (Å²) in [6.45, 7) is 6.17. The Labute approximate surface area is 212 Å². The van der Waals surface area contributed by atoms with Crippen molar-refractivity contribution in [3.63, 3.8) is 0 Å². The molecule has 2 aromatic rings. The first kappa shape index (κ1) is 24.3. The van der Waals surface area contributed by atoms with Crippen LogP contribution >= 0.6 is 46.4 Å². The zero-order valence-corrected chi connectivity index (χ0v) is 21.3. The Morgan fingerprint density at radius 2 is 1.61 bits per heavy atom. The van der Waals surface area contributed by atoms with E-state index >= 15 is 0 Å². The summed E-state index contributed by atoms with van der Waals surface area (Å²) in [7, 11) is 0. The van der Waals surface area contributed by atoms with Crippen LogP contribution in [0, 0.1) is 16.2 Å². The van der Waals surface area contributed by atoms with Crippen molar-refractivity contribution in [1.29, 1.82) is 0 Å². The van der Waals surface area contributed by atoms with Gasteiger partial charge >= 0.3 is 5.97 Å². The van der Waals surface area contributed by atoms with E-state index < -0.39 is 22.2 Å². The Balaban J connectivity index is 1.61. The van der Waals surface area contributed by atoms with Gasteiger partial charge in [-0.1, -0.05) is 72.3 Å². The summed E-state index contributed by atoms with van der Waals surface area (Å²) in [5.74, 6) is -0.838. The van der Waals surface area contributed by atoms with E-state index in [0.29, 0.717) is 39.3 Å². The highest BCUT2D eigenvalue weighted by Crippen LogP contribution is 2.71. The summed E-state index contributed by atoms with van der Waals surface area (Å²) < 4.78 is 0. The monoisotopic (exact) mass is 526 g/mol. The van der Waals surface area contributed by atoms with Crippen LogP contribution in [0.1, 0.15) is 50.4 Å². The third-order valence-corrected chi connectivity index (χ3v) is 8.85. The lowest BCUT2D eigenvalue weighted by molar-refractivity contribution is -0.130. The first-order valence-electron chi connectivity index (χ1n) is 10.4. The van der Waals surface area contributed by atoms with Gasteiger partial charge in [-0.3, -0.25) is 4.79 Å². The zero-order chi connectivity index (χ0) is 24.2. The second-order valence-electron chi connectivity index (χ2n) is 9.34. The van der Waals surface area contributed by atoms with E-state index in [1.54, 1.807) is 24.3 Å². The topological polar surface area (TPSA) is 67.8 Å². The van der Waals surface area contributed by atoms with E-state index in [-0.39, 0.29) is 16.5 Å². The number of nitrogens with one attached hydrogen (secondary N) is 1. The minimum absolute atomic E-state index is 0.155. The van der Waals surface area contributed by atoms with E-state index in [0.717, 1.165) is 6.42 Å². The summed E-state index contributed by atoms with van der Waals surface area (Å²) in [4.78, 5) is 31.4. The van der Waals surface area contributed by atoms with Crippen LogP contribution in [0.3, 0.4) is 0 Å². The summed E-state index contributed by atoms with van der Waals surface area (Å²) in [5, 5.41) is 8.67. The Kier molecular flexibility index (Phi) is 6.24. The standard InChI is InChI=1S/C24H22Cl4N2O3/c1-22(2)23(3)8-9-24(22,21(32)29-18-11-14(26)5-7-16(18)27)12-19(23)30-33-20(31)15-6-4-13(25)10-17(15)28/h4-7,10-11H,8-9,12H2,1-3H3,(H,29,32). The van der Waals surface area contributed by atoms with Crippen LogP contribution in [0.5, 0.6) is 0 Å². The van der Waals surface area contributed by atoms with Crippen molar-refractivity contribution in [2.24, 2.45) is 21.4 Å². The van der Waals surface area contributed by atoms with E-state index in [4.69, 9.17) is 51.2 Å². The molecule has 2 bridgehead atoms. The second kappa shape index (κ2) is 8.46. The first-order valence-corrected chi connectivity index (χ1v) is 11.9. The van der Waals surface area contributed by atoms with Crippen molar-refractivity contribution in [3.8, 4) is 0 Å². The predicted octanol–water partition coefficient (Wildman–Crippen LogP) is 7.67. The molecule has 174 valence electrons. The maximum atomic E-state index is 13.6. The number of hydrogen-bond donors (Lipinski definition) is 1. The number of anilines is 1. The van der Waals surface area contributed by atoms with Crippen molar-refractivity contribution < 1.29 is 14.4 Å². The average Bonchev–Trinajstić information content (AvgIpc) is 3.05. The highest BCUT2D eigenvalue weighted by Gasteiger charge is 2.71. The molecule has 2 fully saturated rings. The van der Waals surface area contributed by atoms with Crippen molar-refractivity contribution in [1.82, 2.24) is 0 Å². The van der Waals surface area contributed by atoms with Crippen molar-refractivity contribution in [3.05, 3.63) is 62.1 Å². The molecular weight excluding hydrogens is 506 g/mol. The zero-order valence-electron chi connectivity index (χ0n) is 18.3. The van der Waals surface area contributed by atoms with E-state index in [9.17, 15) is 9.59 Å². The molecule has 2 aliphatic carbocycles. The number of amides is 1. The van der Waals surface area contributed by atoms with Gasteiger partial charge in [0.25, 0.3) is 0 Å². The summed E-state index contributed by atoms with van der Waals surface area (Å²) >= 11 is 24.4. The fourth-order valence-electron chi connectivity index (χ4n) is 5.16. The normalized spacial score (nSPS) is 26.5. The molecule has 0 saturated heterocycles. The van der Waals surface area contributed by atoms with E-state index in [1.807, 2.05) is 0 Å². The molecule has 4 rings (SSSR count). The third kappa shape index (κ3) is 3.83. The van der Waals surface area contributed by atoms with Crippen LogP contribution in [-0.4, -0.2) is 17.6 Å². The summed E-state index contributed by atoms with van der Waals surface area (Å²) in [6.07, 6.45) is 1.77. The van der Waals surface area contributed by atoms with Gasteiger partial charge in [0.05, 0.1) is 32.4 Å². The van der Waals surface area contributed by atoms with Gasteiger partial charge in [-0.05, 0) is 54.7 Å². The molecule has 2 atom stereocenters. The number of rotatable bonds is 4. The van der Waals surface area contributed by atoms with Crippen molar-refractivity contribution in [2.45, 2.75) is 40.0 Å². The Hall–Kier alpha value is -1.79. The van der Waals surface area contributed by atoms with Gasteiger partial charge in [0, 0.05) is 21.9 Å². The maximum absolute atomic E-state index is 13.6. The molecule has 1 N–H and O–H groups in total. The molecule has 2 aromatic carbocycles. The second-order valence-corrected chi connectivity index (χ2v) is 11.0. The number of halogens is 4. The molecule has 2 saturated carbocycles. The van der Waals surface area contributed by atoms with Gasteiger partial charge < -0.3 is 10.2 Å². The quantitative estimate of drug-likeness (QED) is 0.327. The predicted molar refractivity (Wildman–Crippen MR) is 133 cm³/mol. The number of carbonyl (C=O) groups excluding carboxylic acids is 2. The van der Waals surface area contributed by atoms with Crippen LogP contribution in [-0.2, 0) is 9.63 Å². The fourth-order valence-corrected chi connectivity index (χ4v) is 5.98. The SMILES string of the molecule is CC12CCC(C(=O)Nc3cc(Cl)ccc3Cl)(CC1=NOC(=O)c1ccc(Cl)cc1Cl)C2(C)C. The highest BCUT2D eigenvalue weighted by molar-refractivity contribution is 6.37. The van der Waals surface area contributed by atoms with E-state index in [1.165, 1.54) is 12.1 Å². The Morgan fingerprint density at radius 1 is 0.939 bits per heavy atom. The number of nitrogens with zero attached hydrogens (tertiary/aromatic N) is 1. The molecule has 0 radical (unpaired) electrons. The van der Waals surface area contributed by atoms with Gasteiger partial charge in [-0.25, -0.2) is 4.79 Å². The molecule has 0 heterocycles. The minimum atomic E-state index is -0.740. The lowest BCUT2D eigenvalue weighted by Gasteiger charge is -2.39. The van der Waals surface area contributed by atoms with Crippen molar-refractivity contribution in [2.75, 3.05) is 5.32 Å². The lowest BCUT2D eigenvalue weighted by atomic mass is 9.64. The summed E-state index contributed by atoms with van der Waals surface area (Å²) in [5.41, 5.74) is -0.311. The van der Waals surface area contributed by atoms with Crippen LogP contribution in [0.25, 0.3) is 0 Å². The molecule has 0 aromatic heterocycles. The Bertz CT molecular complexity index is 1200. The van der Waals surface area contributed by atoms with E-state index in [2.05, 4.69) is 31.2 Å². The van der Waals surface area contributed by atoms with Crippen molar-refractivity contribution >= 4 is 69.7 Å². The fraction of sp³-hybridized carbons (Fsp3) is 0.375. The molecular formula is C24H22Cl4N2O3. The minimum Gasteiger partial charge on any atom is -0.324 e. The van der Waals surface area contributed by atoms with Gasteiger partial charge in [0.15, 0.2) is 0 Å². The molecule has 9 heteroatoms. The number of hydrogen-bond acceptors (Lipinski definition) is 4. The third-order valence-electron chi connectivity index (χ3n) is 7.73. The number of fused-ring (bicyclic) bond motifs is 2. The van der Waals surface area contributed by atoms with Gasteiger partial charge in [0.2, 0.25) is 5.91 Å². The molecule has 33 heavy (non-hydrogen) atoms. The number of carbonyl (C=O) groups is 2. The summed E-state index contributed by atoms with van der Waals surface area (Å²) in [6, 6.07) is 9.44. The molecule has 2 unspecified atom stereocenters. The molecule has 5 nitrogen and oxygen atoms in total. The molecule has 0 spiro atoms. The van der Waals surface area contributed by atoms with Gasteiger partial charge in [-0.15, -0.1) is 0 Å². The van der Waals surface area contributed by atoms with Crippen LogP contribution in [0.4, 0.5) is 5.69 Å². The Morgan fingerprint density at radius 3 is 2.30 bits per heavy atom. The molecule has 2 aliphatic rings. The number of benzene rings is 2. The molecule has 0 aliphatic heterocycles. The van der Waals surface area contributed by atoms with Crippen LogP contribution in [0.2, 0.25) is 20.1 Å². The number of oxime groups is 1. The van der Waals surface area contributed by atoms with Gasteiger partial charge in [0.1, 0.15) is 0 Å². The van der Waals surface area contributed by atoms with Gasteiger partial charge in [-0.2, -0.15) is 0 Å². The first-order chi connectivity index (χ1) is 15.4. The maximum Gasteiger partial charge on any atom is 0.367 e. The smallest absolute Gasteiger partial charge is 0.324 e. The average molecular weight is 528 g/mol. The largest absolute Gasteiger partial charge is 0.367 e. The highest BCUT2D eigenvalue weighted by atomic mass is 35.5. The van der Waals surface area contributed by atoms with Crippen LogP contribution < -0.4 is 5.32 Å². The lowest BCUT2D eigenvalue weighted by Crippen LogP contribution is -2.43.